The molecule has 6 heteroatoms. The number of ether oxygens (including phenoxy) is 1. The zero-order valence-corrected chi connectivity index (χ0v) is 10.4. The van der Waals surface area contributed by atoms with E-state index >= 15 is 0 Å². The number of aromatic hydroxyl groups is 1. The molecule has 6 nitrogen and oxygen atoms in total. The predicted molar refractivity (Wildman–Crippen MR) is 65.1 cm³/mol. The fraction of sp³-hybridized carbons (Fsp3) is 0.500. The molecular weight excluding hydrogens is 238 g/mol. The molecule has 1 atom stereocenters. The summed E-state index contributed by atoms with van der Waals surface area (Å²) in [5, 5.41) is 18.4. The second-order valence-electron chi connectivity index (χ2n) is 4.01. The number of pyridine rings is 1. The van der Waals surface area contributed by atoms with Crippen LogP contribution in [0, 0.1) is 0 Å². The van der Waals surface area contributed by atoms with Crippen molar-refractivity contribution in [2.75, 3.05) is 13.7 Å². The molecule has 1 rings (SSSR count). The van der Waals surface area contributed by atoms with Crippen LogP contribution >= 0.6 is 0 Å². The summed E-state index contributed by atoms with van der Waals surface area (Å²) in [6.45, 7) is 2.19. The van der Waals surface area contributed by atoms with Crippen LogP contribution in [0.5, 0.6) is 5.75 Å². The molecule has 1 aromatic rings. The third-order valence-electron chi connectivity index (χ3n) is 2.62. The zero-order chi connectivity index (χ0) is 13.7. The van der Waals surface area contributed by atoms with Crippen molar-refractivity contribution in [3.05, 3.63) is 28.2 Å². The largest absolute Gasteiger partial charge is 0.508 e. The standard InChI is InChI=1S/C12H17NO5/c1-3-4-8(7-18-2)13-10(12(16)17)5-9(14)6-11(13)15/h5-6,8,14H,3-4,7H2,1-2H3,(H,16,17). The Hall–Kier alpha value is -1.82. The maximum absolute atomic E-state index is 11.8. The number of carboxylic acid groups (broad SMARTS) is 1. The van der Waals surface area contributed by atoms with Gasteiger partial charge in [-0.25, -0.2) is 4.79 Å². The highest BCUT2D eigenvalue weighted by atomic mass is 16.5. The molecule has 0 spiro atoms. The first-order valence-electron chi connectivity index (χ1n) is 5.69. The molecule has 1 aromatic heterocycles. The third kappa shape index (κ3) is 3.10. The van der Waals surface area contributed by atoms with Crippen molar-refractivity contribution in [2.24, 2.45) is 0 Å². The van der Waals surface area contributed by atoms with Crippen LogP contribution in [0.2, 0.25) is 0 Å². The number of aromatic nitrogens is 1. The van der Waals surface area contributed by atoms with E-state index in [2.05, 4.69) is 0 Å². The Morgan fingerprint density at radius 1 is 1.50 bits per heavy atom. The van der Waals surface area contributed by atoms with Gasteiger partial charge in [0.2, 0.25) is 0 Å². The molecule has 0 radical (unpaired) electrons. The van der Waals surface area contributed by atoms with E-state index in [9.17, 15) is 14.7 Å². The molecule has 0 aliphatic heterocycles. The van der Waals surface area contributed by atoms with Crippen LogP contribution in [-0.4, -0.2) is 34.5 Å². The summed E-state index contributed by atoms with van der Waals surface area (Å²) in [6.07, 6.45) is 1.42. The number of carbonyl (C=O) groups is 1. The number of methoxy groups -OCH3 is 1. The normalized spacial score (nSPS) is 12.3. The molecule has 100 valence electrons. The molecule has 0 saturated heterocycles. The Balaban J connectivity index is 3.35. The minimum atomic E-state index is -1.25. The second-order valence-corrected chi connectivity index (χ2v) is 4.01. The molecule has 1 heterocycles. The van der Waals surface area contributed by atoms with E-state index < -0.39 is 11.5 Å². The summed E-state index contributed by atoms with van der Waals surface area (Å²) in [5.41, 5.74) is -0.765. The van der Waals surface area contributed by atoms with Gasteiger partial charge >= 0.3 is 5.97 Å². The Bertz CT molecular complexity index is 474. The Morgan fingerprint density at radius 3 is 2.67 bits per heavy atom. The van der Waals surface area contributed by atoms with Gasteiger partial charge in [-0.1, -0.05) is 13.3 Å². The van der Waals surface area contributed by atoms with Crippen LogP contribution in [0.15, 0.2) is 16.9 Å². The Labute approximate surface area is 104 Å². The van der Waals surface area contributed by atoms with Gasteiger partial charge in [-0.05, 0) is 6.42 Å². The molecular formula is C12H17NO5. The maximum atomic E-state index is 11.8. The topological polar surface area (TPSA) is 88.8 Å². The Kier molecular flexibility index (Phi) is 4.91. The van der Waals surface area contributed by atoms with Crippen molar-refractivity contribution in [1.29, 1.82) is 0 Å². The highest BCUT2D eigenvalue weighted by molar-refractivity contribution is 5.86. The van der Waals surface area contributed by atoms with Crippen molar-refractivity contribution >= 4 is 5.97 Å². The molecule has 0 aliphatic rings. The summed E-state index contributed by atoms with van der Waals surface area (Å²) in [4.78, 5) is 23.0. The van der Waals surface area contributed by atoms with Crippen molar-refractivity contribution < 1.29 is 19.7 Å². The summed E-state index contributed by atoms with van der Waals surface area (Å²) < 4.78 is 6.18. The van der Waals surface area contributed by atoms with Crippen molar-refractivity contribution in [1.82, 2.24) is 4.57 Å². The van der Waals surface area contributed by atoms with E-state index in [1.165, 1.54) is 7.11 Å². The zero-order valence-electron chi connectivity index (χ0n) is 10.4. The molecule has 1 unspecified atom stereocenters. The molecule has 18 heavy (non-hydrogen) atoms. The number of hydrogen-bond donors (Lipinski definition) is 2. The van der Waals surface area contributed by atoms with E-state index in [-0.39, 0.29) is 24.1 Å². The second kappa shape index (κ2) is 6.20. The van der Waals surface area contributed by atoms with Gasteiger partial charge in [-0.2, -0.15) is 0 Å². The van der Waals surface area contributed by atoms with Crippen LogP contribution in [0.3, 0.4) is 0 Å². The van der Waals surface area contributed by atoms with Gasteiger partial charge in [0.1, 0.15) is 11.4 Å². The van der Waals surface area contributed by atoms with Crippen LogP contribution in [-0.2, 0) is 4.74 Å². The monoisotopic (exact) mass is 255 g/mol. The number of nitrogens with zero attached hydrogens (tertiary/aromatic N) is 1. The lowest BCUT2D eigenvalue weighted by molar-refractivity contribution is 0.0671. The lowest BCUT2D eigenvalue weighted by Gasteiger charge is -2.20. The average Bonchev–Trinajstić information content (AvgIpc) is 2.27. The van der Waals surface area contributed by atoms with Crippen molar-refractivity contribution in [2.45, 2.75) is 25.8 Å². The van der Waals surface area contributed by atoms with Gasteiger partial charge in [-0.15, -0.1) is 0 Å². The van der Waals surface area contributed by atoms with Crippen LogP contribution in [0.25, 0.3) is 0 Å². The smallest absolute Gasteiger partial charge is 0.352 e. The van der Waals surface area contributed by atoms with E-state index in [4.69, 9.17) is 9.84 Å². The van der Waals surface area contributed by atoms with Crippen molar-refractivity contribution in [3.63, 3.8) is 0 Å². The first-order valence-corrected chi connectivity index (χ1v) is 5.69. The minimum absolute atomic E-state index is 0.226. The van der Waals surface area contributed by atoms with Crippen LogP contribution in [0.1, 0.15) is 36.3 Å². The summed E-state index contributed by atoms with van der Waals surface area (Å²) >= 11 is 0. The lowest BCUT2D eigenvalue weighted by Crippen LogP contribution is -2.31. The average molecular weight is 255 g/mol. The van der Waals surface area contributed by atoms with Gasteiger partial charge in [0.05, 0.1) is 12.6 Å². The van der Waals surface area contributed by atoms with E-state index in [0.29, 0.717) is 6.42 Å². The summed E-state index contributed by atoms with van der Waals surface area (Å²) in [7, 11) is 1.49. The molecule has 0 fully saturated rings. The van der Waals surface area contributed by atoms with Crippen LogP contribution < -0.4 is 5.56 Å². The maximum Gasteiger partial charge on any atom is 0.352 e. The van der Waals surface area contributed by atoms with Crippen LogP contribution in [0.4, 0.5) is 0 Å². The molecule has 0 saturated carbocycles. The van der Waals surface area contributed by atoms with E-state index in [1.54, 1.807) is 0 Å². The van der Waals surface area contributed by atoms with Crippen molar-refractivity contribution in [3.8, 4) is 5.75 Å². The molecule has 0 bridgehead atoms. The molecule has 2 N–H and O–H groups in total. The molecule has 0 aliphatic carbocycles. The van der Waals surface area contributed by atoms with Gasteiger partial charge in [-0.3, -0.25) is 9.36 Å². The SMILES string of the molecule is CCCC(COC)n1c(C(=O)O)cc(O)cc1=O. The highest BCUT2D eigenvalue weighted by Gasteiger charge is 2.20. The minimum Gasteiger partial charge on any atom is -0.508 e. The fourth-order valence-electron chi connectivity index (χ4n) is 1.92. The third-order valence-corrected chi connectivity index (χ3v) is 2.62. The molecule has 0 aromatic carbocycles. The van der Waals surface area contributed by atoms with Gasteiger partial charge in [0, 0.05) is 19.2 Å². The fourth-order valence-corrected chi connectivity index (χ4v) is 1.92. The summed E-state index contributed by atoms with van der Waals surface area (Å²) in [5.74, 6) is -1.60. The van der Waals surface area contributed by atoms with E-state index in [0.717, 1.165) is 23.1 Å². The molecule has 0 amide bonds. The first-order chi connectivity index (χ1) is 8.51. The predicted octanol–water partition coefficient (Wildman–Crippen LogP) is 1.24. The summed E-state index contributed by atoms with van der Waals surface area (Å²) in [6, 6.07) is 1.73. The number of rotatable bonds is 6. The number of aromatic carboxylic acids is 1. The first kappa shape index (κ1) is 14.2. The van der Waals surface area contributed by atoms with Gasteiger partial charge in [0.15, 0.2) is 0 Å². The highest BCUT2D eigenvalue weighted by Crippen LogP contribution is 2.17. The van der Waals surface area contributed by atoms with Gasteiger partial charge < -0.3 is 14.9 Å². The Morgan fingerprint density at radius 2 is 2.17 bits per heavy atom. The van der Waals surface area contributed by atoms with Gasteiger partial charge in [0.25, 0.3) is 5.56 Å². The number of hydrogen-bond acceptors (Lipinski definition) is 4. The van der Waals surface area contributed by atoms with E-state index in [1.807, 2.05) is 6.92 Å². The lowest BCUT2D eigenvalue weighted by atomic mass is 10.1. The quantitative estimate of drug-likeness (QED) is 0.798. The number of carboxylic acids is 1.